The van der Waals surface area contributed by atoms with Crippen LogP contribution < -0.4 is 10.6 Å². The first-order chi connectivity index (χ1) is 10.4. The van der Waals surface area contributed by atoms with Crippen molar-refractivity contribution in [3.8, 4) is 0 Å². The molecule has 0 spiro atoms. The van der Waals surface area contributed by atoms with E-state index in [1.807, 2.05) is 42.5 Å². The number of anilines is 2. The zero-order valence-electron chi connectivity index (χ0n) is 11.9. The lowest BCUT2D eigenvalue weighted by molar-refractivity contribution is 1.01. The Bertz CT molecular complexity index is 727. The highest BCUT2D eigenvalue weighted by molar-refractivity contribution is 5.89. The summed E-state index contributed by atoms with van der Waals surface area (Å²) in [4.78, 5) is 13.4. The van der Waals surface area contributed by atoms with Crippen LogP contribution in [-0.2, 0) is 6.54 Å². The summed E-state index contributed by atoms with van der Waals surface area (Å²) < 4.78 is 0. The minimum absolute atomic E-state index is 0.602. The molecular weight excluding hydrogens is 262 g/mol. The van der Waals surface area contributed by atoms with E-state index in [1.54, 1.807) is 6.20 Å². The molecule has 1 aromatic carbocycles. The van der Waals surface area contributed by atoms with Gasteiger partial charge in [0, 0.05) is 18.1 Å². The van der Waals surface area contributed by atoms with E-state index in [4.69, 9.17) is 0 Å². The molecule has 0 radical (unpaired) electrons. The average Bonchev–Trinajstić information content (AvgIpc) is 2.54. The molecule has 2 heterocycles. The van der Waals surface area contributed by atoms with Crippen LogP contribution in [0.1, 0.15) is 12.6 Å². The van der Waals surface area contributed by atoms with Crippen molar-refractivity contribution in [1.29, 1.82) is 0 Å². The van der Waals surface area contributed by atoms with Crippen molar-refractivity contribution in [3.63, 3.8) is 0 Å². The van der Waals surface area contributed by atoms with Gasteiger partial charge in [0.05, 0.1) is 17.8 Å². The molecule has 2 N–H and O–H groups in total. The first-order valence-electron chi connectivity index (χ1n) is 7.01. The number of hydrogen-bond donors (Lipinski definition) is 2. The predicted octanol–water partition coefficient (Wildman–Crippen LogP) is 3.07. The number of pyridine rings is 1. The number of nitrogens with zero attached hydrogens (tertiary/aromatic N) is 3. The third-order valence-electron chi connectivity index (χ3n) is 3.10. The van der Waals surface area contributed by atoms with Gasteiger partial charge in [-0.05, 0) is 31.2 Å². The molecule has 5 nitrogen and oxygen atoms in total. The minimum atomic E-state index is 0.602. The molecule has 0 aliphatic rings. The molecule has 0 amide bonds. The van der Waals surface area contributed by atoms with Crippen LogP contribution in [-0.4, -0.2) is 21.5 Å². The summed E-state index contributed by atoms with van der Waals surface area (Å²) in [6, 6.07) is 13.8. The van der Waals surface area contributed by atoms with Crippen LogP contribution in [0, 0.1) is 0 Å². The molecular formula is C16H17N5. The second kappa shape index (κ2) is 6.17. The van der Waals surface area contributed by atoms with E-state index in [1.165, 1.54) is 0 Å². The normalized spacial score (nSPS) is 10.5. The van der Waals surface area contributed by atoms with Crippen LogP contribution in [0.4, 0.5) is 11.8 Å². The standard InChI is InChI=1S/C16H17N5/c1-2-17-15-13-8-3-4-9-14(13)20-16(21-15)19-11-12-7-5-6-10-18-12/h3-10H,2,11H2,1H3,(H2,17,19,20,21). The molecule has 0 unspecified atom stereocenters. The summed E-state index contributed by atoms with van der Waals surface area (Å²) in [5.74, 6) is 1.46. The van der Waals surface area contributed by atoms with E-state index in [0.717, 1.165) is 29.0 Å². The Morgan fingerprint density at radius 2 is 1.81 bits per heavy atom. The van der Waals surface area contributed by atoms with Gasteiger partial charge in [0.25, 0.3) is 0 Å². The number of nitrogens with one attached hydrogen (secondary N) is 2. The Morgan fingerprint density at radius 1 is 0.952 bits per heavy atom. The number of rotatable bonds is 5. The van der Waals surface area contributed by atoms with E-state index < -0.39 is 0 Å². The van der Waals surface area contributed by atoms with Crippen LogP contribution >= 0.6 is 0 Å². The second-order valence-electron chi connectivity index (χ2n) is 4.62. The van der Waals surface area contributed by atoms with Crippen molar-refractivity contribution >= 4 is 22.7 Å². The molecule has 21 heavy (non-hydrogen) atoms. The van der Waals surface area contributed by atoms with E-state index in [0.29, 0.717) is 12.5 Å². The first-order valence-corrected chi connectivity index (χ1v) is 7.01. The summed E-state index contributed by atoms with van der Waals surface area (Å²) in [5, 5.41) is 7.54. The minimum Gasteiger partial charge on any atom is -0.370 e. The molecule has 2 aromatic heterocycles. The van der Waals surface area contributed by atoms with Crippen LogP contribution in [0.5, 0.6) is 0 Å². The number of para-hydroxylation sites is 1. The van der Waals surface area contributed by atoms with Crippen LogP contribution in [0.15, 0.2) is 48.7 Å². The maximum absolute atomic E-state index is 4.54. The van der Waals surface area contributed by atoms with Crippen molar-refractivity contribution in [2.75, 3.05) is 17.2 Å². The maximum Gasteiger partial charge on any atom is 0.225 e. The van der Waals surface area contributed by atoms with Crippen LogP contribution in [0.2, 0.25) is 0 Å². The topological polar surface area (TPSA) is 62.7 Å². The lowest BCUT2D eigenvalue weighted by Crippen LogP contribution is -2.08. The highest BCUT2D eigenvalue weighted by Crippen LogP contribution is 2.21. The van der Waals surface area contributed by atoms with Crippen molar-refractivity contribution in [2.24, 2.45) is 0 Å². The average molecular weight is 279 g/mol. The lowest BCUT2D eigenvalue weighted by Gasteiger charge is -2.10. The Kier molecular flexibility index (Phi) is 3.91. The monoisotopic (exact) mass is 279 g/mol. The molecule has 0 aliphatic heterocycles. The highest BCUT2D eigenvalue weighted by atomic mass is 15.1. The van der Waals surface area contributed by atoms with Crippen LogP contribution in [0.25, 0.3) is 10.9 Å². The van der Waals surface area contributed by atoms with Gasteiger partial charge in [0.2, 0.25) is 5.95 Å². The fourth-order valence-corrected chi connectivity index (χ4v) is 2.13. The van der Waals surface area contributed by atoms with Crippen molar-refractivity contribution < 1.29 is 0 Å². The largest absolute Gasteiger partial charge is 0.370 e. The van der Waals surface area contributed by atoms with Crippen molar-refractivity contribution in [1.82, 2.24) is 15.0 Å². The molecule has 0 aliphatic carbocycles. The van der Waals surface area contributed by atoms with Crippen molar-refractivity contribution in [2.45, 2.75) is 13.5 Å². The summed E-state index contributed by atoms with van der Waals surface area (Å²) in [6.45, 7) is 3.48. The number of aromatic nitrogens is 3. The smallest absolute Gasteiger partial charge is 0.225 e. The molecule has 0 atom stereocenters. The molecule has 0 fully saturated rings. The molecule has 0 saturated heterocycles. The fraction of sp³-hybridized carbons (Fsp3) is 0.188. The van der Waals surface area contributed by atoms with Gasteiger partial charge in [-0.3, -0.25) is 4.98 Å². The van der Waals surface area contributed by atoms with Crippen LogP contribution in [0.3, 0.4) is 0 Å². The Balaban J connectivity index is 1.88. The van der Waals surface area contributed by atoms with Gasteiger partial charge in [-0.1, -0.05) is 18.2 Å². The third-order valence-corrected chi connectivity index (χ3v) is 3.10. The molecule has 3 aromatic rings. The van der Waals surface area contributed by atoms with Gasteiger partial charge >= 0.3 is 0 Å². The molecule has 3 rings (SSSR count). The molecule has 0 bridgehead atoms. The van der Waals surface area contributed by atoms with E-state index in [9.17, 15) is 0 Å². The zero-order chi connectivity index (χ0) is 14.5. The van der Waals surface area contributed by atoms with Gasteiger partial charge in [0.1, 0.15) is 5.82 Å². The highest BCUT2D eigenvalue weighted by Gasteiger charge is 2.06. The lowest BCUT2D eigenvalue weighted by atomic mass is 10.2. The Labute approximate surface area is 123 Å². The molecule has 5 heteroatoms. The second-order valence-corrected chi connectivity index (χ2v) is 4.62. The molecule has 106 valence electrons. The summed E-state index contributed by atoms with van der Waals surface area (Å²) >= 11 is 0. The van der Waals surface area contributed by atoms with E-state index >= 15 is 0 Å². The number of fused-ring (bicyclic) bond motifs is 1. The zero-order valence-corrected chi connectivity index (χ0v) is 11.9. The SMILES string of the molecule is CCNc1nc(NCc2ccccn2)nc2ccccc12. The summed E-state index contributed by atoms with van der Waals surface area (Å²) in [5.41, 5.74) is 1.88. The Hall–Kier alpha value is -2.69. The van der Waals surface area contributed by atoms with Gasteiger partial charge in [-0.2, -0.15) is 4.98 Å². The summed E-state index contributed by atoms with van der Waals surface area (Å²) in [7, 11) is 0. The first kappa shape index (κ1) is 13.3. The maximum atomic E-state index is 4.54. The van der Waals surface area contributed by atoms with Gasteiger partial charge in [-0.25, -0.2) is 4.98 Å². The van der Waals surface area contributed by atoms with Gasteiger partial charge < -0.3 is 10.6 Å². The summed E-state index contributed by atoms with van der Waals surface area (Å²) in [6.07, 6.45) is 1.78. The number of benzene rings is 1. The number of hydrogen-bond acceptors (Lipinski definition) is 5. The van der Waals surface area contributed by atoms with Crippen molar-refractivity contribution in [3.05, 3.63) is 54.4 Å². The van der Waals surface area contributed by atoms with E-state index in [2.05, 4.69) is 32.5 Å². The quantitative estimate of drug-likeness (QED) is 0.751. The Morgan fingerprint density at radius 3 is 2.62 bits per heavy atom. The third kappa shape index (κ3) is 3.08. The molecule has 0 saturated carbocycles. The fourth-order valence-electron chi connectivity index (χ4n) is 2.13. The van der Waals surface area contributed by atoms with Gasteiger partial charge in [0.15, 0.2) is 0 Å². The van der Waals surface area contributed by atoms with Gasteiger partial charge in [-0.15, -0.1) is 0 Å². The predicted molar refractivity (Wildman–Crippen MR) is 85.3 cm³/mol. The van der Waals surface area contributed by atoms with E-state index in [-0.39, 0.29) is 0 Å².